The first kappa shape index (κ1) is 14.3. The van der Waals surface area contributed by atoms with E-state index in [0.29, 0.717) is 6.61 Å². The Hall–Kier alpha value is -1.10. The number of hydrogen-bond donors (Lipinski definition) is 1. The molecule has 1 saturated heterocycles. The van der Waals surface area contributed by atoms with Crippen molar-refractivity contribution in [3.63, 3.8) is 0 Å². The predicted octanol–water partition coefficient (Wildman–Crippen LogP) is 1.81. The number of benzene rings is 1. The van der Waals surface area contributed by atoms with Crippen LogP contribution in [0.15, 0.2) is 24.3 Å². The molecule has 2 N–H and O–H groups in total. The van der Waals surface area contributed by atoms with Gasteiger partial charge in [-0.25, -0.2) is 0 Å². The molecular weight excluding hydrogens is 240 g/mol. The average molecular weight is 264 g/mol. The van der Waals surface area contributed by atoms with Gasteiger partial charge in [-0.2, -0.15) is 0 Å². The summed E-state index contributed by atoms with van der Waals surface area (Å²) in [6, 6.07) is 7.83. The van der Waals surface area contributed by atoms with E-state index in [1.165, 1.54) is 0 Å². The van der Waals surface area contributed by atoms with Crippen molar-refractivity contribution < 1.29 is 9.47 Å². The van der Waals surface area contributed by atoms with E-state index in [1.807, 2.05) is 31.2 Å². The molecule has 2 rings (SSSR count). The second-order valence-electron chi connectivity index (χ2n) is 4.80. The molecule has 0 aliphatic carbocycles. The van der Waals surface area contributed by atoms with E-state index in [2.05, 4.69) is 11.8 Å². The van der Waals surface area contributed by atoms with E-state index in [0.717, 1.165) is 37.6 Å². The zero-order valence-electron chi connectivity index (χ0n) is 11.8. The van der Waals surface area contributed by atoms with Gasteiger partial charge in [0.1, 0.15) is 5.75 Å². The number of morpholine rings is 1. The Balaban J connectivity index is 2.12. The molecule has 4 nitrogen and oxygen atoms in total. The van der Waals surface area contributed by atoms with Gasteiger partial charge in [-0.15, -0.1) is 0 Å². The van der Waals surface area contributed by atoms with E-state index in [4.69, 9.17) is 15.2 Å². The Morgan fingerprint density at radius 3 is 2.95 bits per heavy atom. The molecule has 106 valence electrons. The Morgan fingerprint density at radius 2 is 2.21 bits per heavy atom. The fourth-order valence-electron chi connectivity index (χ4n) is 2.48. The quantitative estimate of drug-likeness (QED) is 0.881. The van der Waals surface area contributed by atoms with Crippen molar-refractivity contribution in [3.8, 4) is 5.75 Å². The first-order chi connectivity index (χ1) is 9.26. The minimum absolute atomic E-state index is 0.0373. The summed E-state index contributed by atoms with van der Waals surface area (Å²) in [6.45, 7) is 8.48. The van der Waals surface area contributed by atoms with Gasteiger partial charge in [-0.1, -0.05) is 25.1 Å². The van der Waals surface area contributed by atoms with Crippen LogP contribution in [0, 0.1) is 0 Å². The van der Waals surface area contributed by atoms with Crippen molar-refractivity contribution in [1.82, 2.24) is 4.90 Å². The lowest BCUT2D eigenvalue weighted by atomic mass is 10.00. The van der Waals surface area contributed by atoms with Gasteiger partial charge in [-0.05, 0) is 19.5 Å². The van der Waals surface area contributed by atoms with Gasteiger partial charge in [0, 0.05) is 18.7 Å². The summed E-state index contributed by atoms with van der Waals surface area (Å²) in [5.41, 5.74) is 7.42. The summed E-state index contributed by atoms with van der Waals surface area (Å²) < 4.78 is 11.5. The van der Waals surface area contributed by atoms with E-state index in [1.54, 1.807) is 0 Å². The molecule has 4 heteroatoms. The highest BCUT2D eigenvalue weighted by atomic mass is 16.5. The van der Waals surface area contributed by atoms with Gasteiger partial charge < -0.3 is 15.2 Å². The molecule has 0 saturated carbocycles. The summed E-state index contributed by atoms with van der Waals surface area (Å²) in [4.78, 5) is 2.37. The maximum atomic E-state index is 6.39. The van der Waals surface area contributed by atoms with Crippen LogP contribution < -0.4 is 10.5 Å². The maximum Gasteiger partial charge on any atom is 0.124 e. The molecule has 19 heavy (non-hydrogen) atoms. The normalized spacial score (nSPS) is 22.2. The van der Waals surface area contributed by atoms with Crippen LogP contribution in [-0.4, -0.2) is 43.9 Å². The van der Waals surface area contributed by atoms with Gasteiger partial charge in [0.05, 0.1) is 25.4 Å². The van der Waals surface area contributed by atoms with Crippen molar-refractivity contribution in [3.05, 3.63) is 29.8 Å². The molecule has 2 unspecified atom stereocenters. The molecule has 1 aromatic carbocycles. The minimum atomic E-state index is -0.142. The van der Waals surface area contributed by atoms with Crippen LogP contribution >= 0.6 is 0 Å². The van der Waals surface area contributed by atoms with Crippen molar-refractivity contribution >= 4 is 0 Å². The monoisotopic (exact) mass is 264 g/mol. The predicted molar refractivity (Wildman–Crippen MR) is 76.4 cm³/mol. The lowest BCUT2D eigenvalue weighted by Gasteiger charge is -2.35. The van der Waals surface area contributed by atoms with Crippen LogP contribution in [0.2, 0.25) is 0 Å². The molecule has 1 fully saturated rings. The van der Waals surface area contributed by atoms with Crippen molar-refractivity contribution in [2.24, 2.45) is 5.73 Å². The van der Waals surface area contributed by atoms with Crippen molar-refractivity contribution in [1.29, 1.82) is 0 Å². The van der Waals surface area contributed by atoms with Gasteiger partial charge >= 0.3 is 0 Å². The highest BCUT2D eigenvalue weighted by Crippen LogP contribution is 2.28. The summed E-state index contributed by atoms with van der Waals surface area (Å²) in [5, 5.41) is 0. The molecule has 2 atom stereocenters. The molecule has 0 radical (unpaired) electrons. The van der Waals surface area contributed by atoms with Crippen LogP contribution in [0.1, 0.15) is 25.5 Å². The molecule has 1 aliphatic heterocycles. The SMILES string of the molecule is CCOc1ccccc1C(N)C1CN(CC)CCO1. The molecule has 0 spiro atoms. The highest BCUT2D eigenvalue weighted by Gasteiger charge is 2.27. The third kappa shape index (κ3) is 3.47. The minimum Gasteiger partial charge on any atom is -0.494 e. The summed E-state index contributed by atoms with van der Waals surface area (Å²) in [6.07, 6.45) is 0.0373. The first-order valence-corrected chi connectivity index (χ1v) is 7.07. The van der Waals surface area contributed by atoms with Gasteiger partial charge in [0.25, 0.3) is 0 Å². The molecule has 0 aromatic heterocycles. The summed E-state index contributed by atoms with van der Waals surface area (Å²) in [5.74, 6) is 0.870. The number of ether oxygens (including phenoxy) is 2. The number of rotatable bonds is 5. The number of hydrogen-bond acceptors (Lipinski definition) is 4. The van der Waals surface area contributed by atoms with Crippen LogP contribution in [0.4, 0.5) is 0 Å². The Bertz CT molecular complexity index is 397. The topological polar surface area (TPSA) is 47.7 Å². The van der Waals surface area contributed by atoms with Crippen molar-refractivity contribution in [2.45, 2.75) is 26.0 Å². The van der Waals surface area contributed by atoms with Crippen LogP contribution in [0.3, 0.4) is 0 Å². The Morgan fingerprint density at radius 1 is 1.42 bits per heavy atom. The third-order valence-electron chi connectivity index (χ3n) is 3.60. The van der Waals surface area contributed by atoms with E-state index < -0.39 is 0 Å². The number of likely N-dealkylation sites (N-methyl/N-ethyl adjacent to an activating group) is 1. The lowest BCUT2D eigenvalue weighted by molar-refractivity contribution is -0.0395. The first-order valence-electron chi connectivity index (χ1n) is 7.07. The Kier molecular flexibility index (Phi) is 5.19. The zero-order chi connectivity index (χ0) is 13.7. The molecule has 1 heterocycles. The van der Waals surface area contributed by atoms with Crippen molar-refractivity contribution in [2.75, 3.05) is 32.8 Å². The van der Waals surface area contributed by atoms with Crippen LogP contribution in [-0.2, 0) is 4.74 Å². The second kappa shape index (κ2) is 6.89. The van der Waals surface area contributed by atoms with E-state index >= 15 is 0 Å². The van der Waals surface area contributed by atoms with Gasteiger partial charge in [-0.3, -0.25) is 4.90 Å². The van der Waals surface area contributed by atoms with Gasteiger partial charge in [0.2, 0.25) is 0 Å². The van der Waals surface area contributed by atoms with Crippen LogP contribution in [0.25, 0.3) is 0 Å². The fraction of sp³-hybridized carbons (Fsp3) is 0.600. The summed E-state index contributed by atoms with van der Waals surface area (Å²) in [7, 11) is 0. The number of nitrogens with two attached hydrogens (primary N) is 1. The van der Waals surface area contributed by atoms with E-state index in [9.17, 15) is 0 Å². The maximum absolute atomic E-state index is 6.39. The zero-order valence-corrected chi connectivity index (χ0v) is 11.8. The van der Waals surface area contributed by atoms with Gasteiger partial charge in [0.15, 0.2) is 0 Å². The fourth-order valence-corrected chi connectivity index (χ4v) is 2.48. The Labute approximate surface area is 115 Å². The van der Waals surface area contributed by atoms with Crippen LogP contribution in [0.5, 0.6) is 5.75 Å². The molecular formula is C15H24N2O2. The summed E-state index contributed by atoms with van der Waals surface area (Å²) >= 11 is 0. The standard InChI is InChI=1S/C15H24N2O2/c1-3-17-9-10-19-14(11-17)15(16)12-7-5-6-8-13(12)18-4-2/h5-8,14-15H,3-4,9-11,16H2,1-2H3. The molecule has 0 amide bonds. The number of nitrogens with zero attached hydrogens (tertiary/aromatic N) is 1. The molecule has 0 bridgehead atoms. The average Bonchev–Trinajstić information content (AvgIpc) is 2.47. The highest BCUT2D eigenvalue weighted by molar-refractivity contribution is 5.36. The second-order valence-corrected chi connectivity index (χ2v) is 4.80. The third-order valence-corrected chi connectivity index (χ3v) is 3.60. The number of para-hydroxylation sites is 1. The largest absolute Gasteiger partial charge is 0.494 e. The molecule has 1 aliphatic rings. The molecule has 1 aromatic rings. The smallest absolute Gasteiger partial charge is 0.124 e. The lowest BCUT2D eigenvalue weighted by Crippen LogP contribution is -2.46. The van der Waals surface area contributed by atoms with E-state index in [-0.39, 0.29) is 12.1 Å².